The molecule has 0 spiro atoms. The number of hydrogen-bond donors (Lipinski definition) is 1. The minimum absolute atomic E-state index is 0.0973. The molecule has 0 bridgehead atoms. The molecule has 0 aliphatic carbocycles. The van der Waals surface area contributed by atoms with Crippen molar-refractivity contribution in [2.24, 2.45) is 0 Å². The number of carbonyl (C=O) groups is 1. The largest absolute Gasteiger partial charge is 0.441 e. The minimum Gasteiger partial charge on any atom is -0.441 e. The average Bonchev–Trinajstić information content (AvgIpc) is 2.86. The zero-order valence-electron chi connectivity index (χ0n) is 12.1. The summed E-state index contributed by atoms with van der Waals surface area (Å²) in [5.74, 6) is 0.221. The van der Waals surface area contributed by atoms with E-state index in [9.17, 15) is 9.18 Å². The highest BCUT2D eigenvalue weighted by molar-refractivity contribution is 5.92. The van der Waals surface area contributed by atoms with Gasteiger partial charge in [0.15, 0.2) is 11.5 Å². The van der Waals surface area contributed by atoms with Gasteiger partial charge >= 0.3 is 0 Å². The summed E-state index contributed by atoms with van der Waals surface area (Å²) in [6, 6.07) is 11.5. The quantitative estimate of drug-likeness (QED) is 0.796. The zero-order chi connectivity index (χ0) is 15.5. The van der Waals surface area contributed by atoms with E-state index in [1.54, 1.807) is 37.3 Å². The molecule has 112 valence electrons. The van der Waals surface area contributed by atoms with Gasteiger partial charge in [0.1, 0.15) is 11.3 Å². The van der Waals surface area contributed by atoms with Gasteiger partial charge < -0.3 is 9.73 Å². The number of aryl methyl sites for hydroxylation is 2. The molecule has 1 amide bonds. The summed E-state index contributed by atoms with van der Waals surface area (Å²) in [6.45, 7) is 1.78. The van der Waals surface area contributed by atoms with Crippen molar-refractivity contribution in [2.75, 3.05) is 5.32 Å². The highest BCUT2D eigenvalue weighted by atomic mass is 19.1. The van der Waals surface area contributed by atoms with Gasteiger partial charge in [0.2, 0.25) is 5.91 Å². The summed E-state index contributed by atoms with van der Waals surface area (Å²) in [6.07, 6.45) is 0.898. The molecule has 1 heterocycles. The normalized spacial score (nSPS) is 10.8. The van der Waals surface area contributed by atoms with E-state index in [-0.39, 0.29) is 11.7 Å². The molecule has 0 saturated carbocycles. The number of fused-ring (bicyclic) bond motifs is 1. The Bertz CT molecular complexity index is 809. The van der Waals surface area contributed by atoms with Crippen LogP contribution in [0.15, 0.2) is 46.9 Å². The number of oxazole rings is 1. The van der Waals surface area contributed by atoms with Crippen LogP contribution in [0.25, 0.3) is 11.1 Å². The van der Waals surface area contributed by atoms with Gasteiger partial charge in [-0.2, -0.15) is 0 Å². The number of aromatic nitrogens is 1. The Kier molecular flexibility index (Phi) is 3.87. The number of anilines is 1. The Labute approximate surface area is 127 Å². The lowest BCUT2D eigenvalue weighted by atomic mass is 10.1. The van der Waals surface area contributed by atoms with Crippen LogP contribution in [-0.2, 0) is 11.2 Å². The van der Waals surface area contributed by atoms with Crippen LogP contribution in [0, 0.1) is 12.7 Å². The van der Waals surface area contributed by atoms with E-state index in [1.165, 1.54) is 12.1 Å². The van der Waals surface area contributed by atoms with Crippen LogP contribution in [0.5, 0.6) is 0 Å². The molecule has 0 radical (unpaired) electrons. The Morgan fingerprint density at radius 1 is 1.23 bits per heavy atom. The molecule has 0 atom stereocenters. The first-order chi connectivity index (χ1) is 10.6. The number of rotatable bonds is 4. The van der Waals surface area contributed by atoms with Crippen molar-refractivity contribution in [3.63, 3.8) is 0 Å². The summed E-state index contributed by atoms with van der Waals surface area (Å²) >= 11 is 0. The number of benzene rings is 2. The van der Waals surface area contributed by atoms with E-state index < -0.39 is 0 Å². The molecule has 3 rings (SSSR count). The second-order valence-electron chi connectivity index (χ2n) is 5.09. The predicted octanol–water partition coefficient (Wildman–Crippen LogP) is 3.85. The molecule has 4 nitrogen and oxygen atoms in total. The smallest absolute Gasteiger partial charge is 0.224 e. The third-order valence-corrected chi connectivity index (χ3v) is 3.33. The number of carbonyl (C=O) groups excluding carboxylic acids is 1. The summed E-state index contributed by atoms with van der Waals surface area (Å²) in [5, 5.41) is 2.82. The second kappa shape index (κ2) is 5.97. The first-order valence-electron chi connectivity index (χ1n) is 7.02. The zero-order valence-corrected chi connectivity index (χ0v) is 12.1. The van der Waals surface area contributed by atoms with E-state index >= 15 is 0 Å². The maximum atomic E-state index is 12.8. The van der Waals surface area contributed by atoms with Gasteiger partial charge in [-0.25, -0.2) is 9.37 Å². The maximum absolute atomic E-state index is 12.8. The maximum Gasteiger partial charge on any atom is 0.224 e. The average molecular weight is 298 g/mol. The SMILES string of the molecule is Cc1nc2ccc(NC(=O)CCc3ccc(F)cc3)cc2o1. The van der Waals surface area contributed by atoms with Crippen molar-refractivity contribution in [3.8, 4) is 0 Å². The topological polar surface area (TPSA) is 55.1 Å². The fraction of sp³-hybridized carbons (Fsp3) is 0.176. The van der Waals surface area contributed by atoms with E-state index in [1.807, 2.05) is 0 Å². The molecule has 1 N–H and O–H groups in total. The van der Waals surface area contributed by atoms with E-state index in [4.69, 9.17) is 4.42 Å². The van der Waals surface area contributed by atoms with Crippen LogP contribution in [0.1, 0.15) is 17.9 Å². The Morgan fingerprint density at radius 3 is 2.77 bits per heavy atom. The highest BCUT2D eigenvalue weighted by Crippen LogP contribution is 2.20. The third-order valence-electron chi connectivity index (χ3n) is 3.33. The van der Waals surface area contributed by atoms with Gasteiger partial charge in [-0.1, -0.05) is 12.1 Å². The number of halogens is 1. The van der Waals surface area contributed by atoms with Crippen LogP contribution in [-0.4, -0.2) is 10.9 Å². The number of hydrogen-bond acceptors (Lipinski definition) is 3. The van der Waals surface area contributed by atoms with Gasteiger partial charge in [0.05, 0.1) is 0 Å². The lowest BCUT2D eigenvalue weighted by Gasteiger charge is -2.05. The van der Waals surface area contributed by atoms with Gasteiger partial charge in [0, 0.05) is 25.1 Å². The molecule has 2 aromatic carbocycles. The molecular formula is C17H15FN2O2. The standard InChI is InChI=1S/C17H15FN2O2/c1-11-19-15-8-7-14(10-16(15)22-11)20-17(21)9-4-12-2-5-13(18)6-3-12/h2-3,5-8,10H,4,9H2,1H3,(H,20,21). The number of nitrogens with zero attached hydrogens (tertiary/aromatic N) is 1. The van der Waals surface area contributed by atoms with Crippen molar-refractivity contribution in [3.05, 3.63) is 59.7 Å². The molecule has 0 fully saturated rings. The van der Waals surface area contributed by atoms with Gasteiger partial charge in [0.25, 0.3) is 0 Å². The van der Waals surface area contributed by atoms with Crippen LogP contribution in [0.3, 0.4) is 0 Å². The Morgan fingerprint density at radius 2 is 2.00 bits per heavy atom. The molecule has 22 heavy (non-hydrogen) atoms. The van der Waals surface area contributed by atoms with Crippen LogP contribution in [0.4, 0.5) is 10.1 Å². The first kappa shape index (κ1) is 14.3. The molecule has 0 aliphatic heterocycles. The first-order valence-corrected chi connectivity index (χ1v) is 7.02. The molecule has 0 aliphatic rings. The van der Waals surface area contributed by atoms with Crippen LogP contribution in [0.2, 0.25) is 0 Å². The Hall–Kier alpha value is -2.69. The summed E-state index contributed by atoms with van der Waals surface area (Å²) in [4.78, 5) is 16.2. The second-order valence-corrected chi connectivity index (χ2v) is 5.09. The highest BCUT2D eigenvalue weighted by Gasteiger charge is 2.07. The fourth-order valence-corrected chi connectivity index (χ4v) is 2.25. The molecule has 1 aromatic heterocycles. The lowest BCUT2D eigenvalue weighted by Crippen LogP contribution is -2.12. The molecule has 0 saturated heterocycles. The van der Waals surface area contributed by atoms with Gasteiger partial charge in [-0.15, -0.1) is 0 Å². The van der Waals surface area contributed by atoms with E-state index in [0.717, 1.165) is 11.1 Å². The lowest BCUT2D eigenvalue weighted by molar-refractivity contribution is -0.116. The molecule has 0 unspecified atom stereocenters. The summed E-state index contributed by atoms with van der Waals surface area (Å²) < 4.78 is 18.2. The van der Waals surface area contributed by atoms with Crippen molar-refractivity contribution in [1.29, 1.82) is 0 Å². The molecular weight excluding hydrogens is 283 g/mol. The number of amides is 1. The molecule has 3 aromatic rings. The van der Waals surface area contributed by atoms with Crippen molar-refractivity contribution < 1.29 is 13.6 Å². The fourth-order valence-electron chi connectivity index (χ4n) is 2.25. The van der Waals surface area contributed by atoms with Crippen molar-refractivity contribution >= 4 is 22.7 Å². The minimum atomic E-state index is -0.274. The Balaban J connectivity index is 1.61. The van der Waals surface area contributed by atoms with E-state index in [2.05, 4.69) is 10.3 Å². The predicted molar refractivity (Wildman–Crippen MR) is 82.1 cm³/mol. The van der Waals surface area contributed by atoms with Crippen molar-refractivity contribution in [1.82, 2.24) is 4.98 Å². The van der Waals surface area contributed by atoms with E-state index in [0.29, 0.717) is 30.0 Å². The van der Waals surface area contributed by atoms with Gasteiger partial charge in [-0.3, -0.25) is 4.79 Å². The van der Waals surface area contributed by atoms with Crippen molar-refractivity contribution in [2.45, 2.75) is 19.8 Å². The third kappa shape index (κ3) is 3.31. The molecule has 5 heteroatoms. The van der Waals surface area contributed by atoms with Crippen LogP contribution < -0.4 is 5.32 Å². The van der Waals surface area contributed by atoms with Crippen LogP contribution >= 0.6 is 0 Å². The summed E-state index contributed by atoms with van der Waals surface area (Å²) in [5.41, 5.74) is 3.02. The summed E-state index contributed by atoms with van der Waals surface area (Å²) in [7, 11) is 0. The monoisotopic (exact) mass is 298 g/mol. The van der Waals surface area contributed by atoms with Gasteiger partial charge in [-0.05, 0) is 36.2 Å². The number of nitrogens with one attached hydrogen (secondary N) is 1.